The second kappa shape index (κ2) is 8.00. The lowest BCUT2D eigenvalue weighted by Crippen LogP contribution is -2.47. The van der Waals surface area contributed by atoms with E-state index in [2.05, 4.69) is 16.0 Å². The number of aromatic nitrogens is 2. The standard InChI is InChI=1S/C23H18N6O3/c24-15-16-4-3-5-17(14-16)18-8-9-20(29(30)31)22(25-18)27-10-12-28(13-11-27)23-26-19-6-1-2-7-21(19)32-23/h1-9,14H,10-13H2. The summed E-state index contributed by atoms with van der Waals surface area (Å²) in [4.78, 5) is 24.3. The van der Waals surface area contributed by atoms with Gasteiger partial charge in [0.1, 0.15) is 5.52 Å². The Morgan fingerprint density at radius 1 is 0.969 bits per heavy atom. The number of anilines is 2. The first kappa shape index (κ1) is 19.5. The van der Waals surface area contributed by atoms with Gasteiger partial charge in [-0.25, -0.2) is 4.98 Å². The Morgan fingerprint density at radius 2 is 1.75 bits per heavy atom. The molecule has 0 N–H and O–H groups in total. The van der Waals surface area contributed by atoms with Crippen molar-refractivity contribution in [2.75, 3.05) is 36.0 Å². The van der Waals surface area contributed by atoms with Crippen molar-refractivity contribution in [3.05, 3.63) is 76.3 Å². The highest BCUT2D eigenvalue weighted by atomic mass is 16.6. The van der Waals surface area contributed by atoms with Crippen molar-refractivity contribution in [3.8, 4) is 17.3 Å². The summed E-state index contributed by atoms with van der Waals surface area (Å²) >= 11 is 0. The summed E-state index contributed by atoms with van der Waals surface area (Å²) in [6.45, 7) is 2.27. The Balaban J connectivity index is 1.41. The van der Waals surface area contributed by atoms with Gasteiger partial charge >= 0.3 is 5.69 Å². The molecular weight excluding hydrogens is 408 g/mol. The minimum atomic E-state index is -0.412. The molecule has 0 spiro atoms. The lowest BCUT2D eigenvalue weighted by atomic mass is 10.1. The molecule has 0 bridgehead atoms. The van der Waals surface area contributed by atoms with E-state index in [0.717, 1.165) is 16.7 Å². The number of fused-ring (bicyclic) bond motifs is 1. The van der Waals surface area contributed by atoms with Gasteiger partial charge in [0.2, 0.25) is 5.82 Å². The third kappa shape index (κ3) is 3.58. The normalized spacial score (nSPS) is 13.8. The van der Waals surface area contributed by atoms with E-state index in [9.17, 15) is 10.1 Å². The molecule has 3 heterocycles. The molecule has 1 aliphatic heterocycles. The topological polar surface area (TPSA) is 112 Å². The maximum Gasteiger partial charge on any atom is 0.311 e. The van der Waals surface area contributed by atoms with Gasteiger partial charge in [-0.3, -0.25) is 10.1 Å². The molecule has 2 aromatic carbocycles. The van der Waals surface area contributed by atoms with Crippen LogP contribution in [0, 0.1) is 21.4 Å². The number of nitriles is 1. The molecule has 32 heavy (non-hydrogen) atoms. The van der Waals surface area contributed by atoms with Gasteiger partial charge in [0, 0.05) is 37.8 Å². The Kier molecular flexibility index (Phi) is 4.88. The summed E-state index contributed by atoms with van der Waals surface area (Å²) in [5.74, 6) is 0.326. The van der Waals surface area contributed by atoms with Crippen LogP contribution >= 0.6 is 0 Å². The van der Waals surface area contributed by atoms with Gasteiger partial charge in [-0.1, -0.05) is 24.3 Å². The molecule has 0 saturated carbocycles. The number of piperazine rings is 1. The predicted molar refractivity (Wildman–Crippen MR) is 119 cm³/mol. The summed E-state index contributed by atoms with van der Waals surface area (Å²) in [5, 5.41) is 20.8. The van der Waals surface area contributed by atoms with Crippen molar-refractivity contribution in [3.63, 3.8) is 0 Å². The number of nitrogens with zero attached hydrogens (tertiary/aromatic N) is 6. The van der Waals surface area contributed by atoms with Crippen LogP contribution in [-0.2, 0) is 0 Å². The maximum atomic E-state index is 11.7. The summed E-state index contributed by atoms with van der Waals surface area (Å²) in [6, 6.07) is 20.4. The van der Waals surface area contributed by atoms with E-state index in [4.69, 9.17) is 9.68 Å². The van der Waals surface area contributed by atoms with Crippen LogP contribution in [0.4, 0.5) is 17.5 Å². The van der Waals surface area contributed by atoms with Gasteiger partial charge in [0.25, 0.3) is 6.01 Å². The zero-order valence-electron chi connectivity index (χ0n) is 17.0. The van der Waals surface area contributed by atoms with Crippen molar-refractivity contribution in [2.45, 2.75) is 0 Å². The van der Waals surface area contributed by atoms with Gasteiger partial charge in [0.15, 0.2) is 5.58 Å². The number of nitro groups is 1. The molecule has 9 heteroatoms. The third-order valence-electron chi connectivity index (χ3n) is 5.47. The summed E-state index contributed by atoms with van der Waals surface area (Å²) < 4.78 is 5.86. The number of benzene rings is 2. The van der Waals surface area contributed by atoms with Crippen LogP contribution in [0.3, 0.4) is 0 Å². The van der Waals surface area contributed by atoms with E-state index >= 15 is 0 Å². The zero-order chi connectivity index (χ0) is 22.1. The summed E-state index contributed by atoms with van der Waals surface area (Å²) in [6.07, 6.45) is 0. The fraction of sp³-hybridized carbons (Fsp3) is 0.174. The van der Waals surface area contributed by atoms with Crippen molar-refractivity contribution in [1.82, 2.24) is 9.97 Å². The Morgan fingerprint density at radius 3 is 2.50 bits per heavy atom. The first-order chi connectivity index (χ1) is 15.6. The number of oxazole rings is 1. The molecule has 0 radical (unpaired) electrons. The lowest BCUT2D eigenvalue weighted by molar-refractivity contribution is -0.384. The minimum Gasteiger partial charge on any atom is -0.423 e. The lowest BCUT2D eigenvalue weighted by Gasteiger charge is -2.34. The molecule has 0 amide bonds. The predicted octanol–water partition coefficient (Wildman–Crippen LogP) is 4.00. The SMILES string of the molecule is N#Cc1cccc(-c2ccc([N+](=O)[O-])c(N3CCN(c4nc5ccccc5o4)CC3)n2)c1. The van der Waals surface area contributed by atoms with Crippen molar-refractivity contribution in [1.29, 1.82) is 5.26 Å². The summed E-state index contributed by atoms with van der Waals surface area (Å²) in [7, 11) is 0. The largest absolute Gasteiger partial charge is 0.423 e. The molecule has 5 rings (SSSR count). The van der Waals surface area contributed by atoms with E-state index in [0.29, 0.717) is 49.3 Å². The number of hydrogen-bond acceptors (Lipinski definition) is 8. The van der Waals surface area contributed by atoms with Crippen LogP contribution in [0.2, 0.25) is 0 Å². The van der Waals surface area contributed by atoms with E-state index in [1.807, 2.05) is 40.1 Å². The van der Waals surface area contributed by atoms with E-state index < -0.39 is 4.92 Å². The Hall–Kier alpha value is -4.45. The monoisotopic (exact) mass is 426 g/mol. The van der Waals surface area contributed by atoms with Crippen molar-refractivity contribution < 1.29 is 9.34 Å². The molecule has 0 unspecified atom stereocenters. The Bertz CT molecular complexity index is 1320. The number of pyridine rings is 1. The minimum absolute atomic E-state index is 0.0412. The van der Waals surface area contributed by atoms with Crippen LogP contribution < -0.4 is 9.80 Å². The van der Waals surface area contributed by atoms with Crippen LogP contribution in [0.15, 0.2) is 65.1 Å². The Labute approximate surface area is 183 Å². The second-order valence-electron chi connectivity index (χ2n) is 7.43. The highest BCUT2D eigenvalue weighted by Gasteiger charge is 2.27. The molecule has 1 aliphatic rings. The first-order valence-corrected chi connectivity index (χ1v) is 10.1. The molecule has 0 atom stereocenters. The second-order valence-corrected chi connectivity index (χ2v) is 7.43. The fourth-order valence-corrected chi connectivity index (χ4v) is 3.83. The highest BCUT2D eigenvalue weighted by Crippen LogP contribution is 2.31. The van der Waals surface area contributed by atoms with Gasteiger partial charge < -0.3 is 14.2 Å². The summed E-state index contributed by atoms with van der Waals surface area (Å²) in [5.41, 5.74) is 3.33. The van der Waals surface area contributed by atoms with Crippen LogP contribution in [-0.4, -0.2) is 41.1 Å². The average Bonchev–Trinajstić information content (AvgIpc) is 3.28. The van der Waals surface area contributed by atoms with E-state index in [1.54, 1.807) is 24.3 Å². The first-order valence-electron chi connectivity index (χ1n) is 10.1. The molecule has 158 valence electrons. The molecular formula is C23H18N6O3. The molecule has 1 saturated heterocycles. The van der Waals surface area contributed by atoms with Gasteiger partial charge in [-0.15, -0.1) is 0 Å². The van der Waals surface area contributed by atoms with Crippen molar-refractivity contribution in [2.24, 2.45) is 0 Å². The van der Waals surface area contributed by atoms with E-state index in [1.165, 1.54) is 6.07 Å². The molecule has 9 nitrogen and oxygen atoms in total. The van der Waals surface area contributed by atoms with Crippen LogP contribution in [0.25, 0.3) is 22.4 Å². The smallest absolute Gasteiger partial charge is 0.311 e. The van der Waals surface area contributed by atoms with Crippen LogP contribution in [0.5, 0.6) is 0 Å². The average molecular weight is 426 g/mol. The zero-order valence-corrected chi connectivity index (χ0v) is 17.0. The van der Waals surface area contributed by atoms with Crippen LogP contribution in [0.1, 0.15) is 5.56 Å². The third-order valence-corrected chi connectivity index (χ3v) is 5.47. The highest BCUT2D eigenvalue weighted by molar-refractivity contribution is 5.74. The van der Waals surface area contributed by atoms with Gasteiger partial charge in [0.05, 0.1) is 22.2 Å². The number of rotatable bonds is 4. The van der Waals surface area contributed by atoms with Crippen molar-refractivity contribution >= 4 is 28.6 Å². The molecule has 1 fully saturated rings. The van der Waals surface area contributed by atoms with Gasteiger partial charge in [-0.2, -0.15) is 10.2 Å². The van der Waals surface area contributed by atoms with E-state index in [-0.39, 0.29) is 5.69 Å². The number of para-hydroxylation sites is 2. The van der Waals surface area contributed by atoms with Gasteiger partial charge in [-0.05, 0) is 30.3 Å². The number of hydrogen-bond donors (Lipinski definition) is 0. The maximum absolute atomic E-state index is 11.7. The quantitative estimate of drug-likeness (QED) is 0.356. The molecule has 0 aliphatic carbocycles. The fourth-order valence-electron chi connectivity index (χ4n) is 3.83. The molecule has 4 aromatic rings. The molecule has 2 aromatic heterocycles.